The fourth-order valence-electron chi connectivity index (χ4n) is 3.52. The molecule has 6 heteroatoms. The summed E-state index contributed by atoms with van der Waals surface area (Å²) < 4.78 is 4.61. The maximum Gasteiger partial charge on any atom is 0.307 e. The van der Waals surface area contributed by atoms with Crippen LogP contribution in [0.5, 0.6) is 0 Å². The second-order valence-corrected chi connectivity index (χ2v) is 6.45. The SMILES string of the molecule is COC(=O)CCNC(=O)[C@H]1c2ccccc2C(=O)N(C)[C@H]1c1ccccc1. The molecule has 2 atom stereocenters. The van der Waals surface area contributed by atoms with E-state index in [-0.39, 0.29) is 30.7 Å². The normalized spacial score (nSPS) is 18.6. The lowest BCUT2D eigenvalue weighted by Crippen LogP contribution is -2.45. The largest absolute Gasteiger partial charge is 0.469 e. The Morgan fingerprint density at radius 3 is 2.44 bits per heavy atom. The molecule has 1 N–H and O–H groups in total. The maximum absolute atomic E-state index is 13.1. The third-order valence-electron chi connectivity index (χ3n) is 4.86. The zero-order valence-corrected chi connectivity index (χ0v) is 15.3. The van der Waals surface area contributed by atoms with Crippen LogP contribution >= 0.6 is 0 Å². The summed E-state index contributed by atoms with van der Waals surface area (Å²) >= 11 is 0. The van der Waals surface area contributed by atoms with Crippen molar-refractivity contribution in [2.24, 2.45) is 0 Å². The molecule has 1 aliphatic rings. The molecule has 0 aromatic heterocycles. The molecule has 1 aliphatic heterocycles. The second-order valence-electron chi connectivity index (χ2n) is 6.45. The molecular weight excluding hydrogens is 344 g/mol. The number of fused-ring (bicyclic) bond motifs is 1. The Labute approximate surface area is 158 Å². The Morgan fingerprint density at radius 1 is 1.07 bits per heavy atom. The third kappa shape index (κ3) is 3.69. The number of amides is 2. The van der Waals surface area contributed by atoms with Crippen molar-refractivity contribution in [1.29, 1.82) is 0 Å². The number of hydrogen-bond acceptors (Lipinski definition) is 4. The number of carbonyl (C=O) groups excluding carboxylic acids is 3. The number of nitrogens with zero attached hydrogens (tertiary/aromatic N) is 1. The molecule has 0 aliphatic carbocycles. The highest BCUT2D eigenvalue weighted by molar-refractivity contribution is 6.01. The monoisotopic (exact) mass is 366 g/mol. The van der Waals surface area contributed by atoms with Gasteiger partial charge in [-0.25, -0.2) is 0 Å². The molecule has 2 amide bonds. The number of rotatable bonds is 5. The van der Waals surface area contributed by atoms with Crippen molar-refractivity contribution in [2.45, 2.75) is 18.4 Å². The van der Waals surface area contributed by atoms with Gasteiger partial charge in [0.05, 0.1) is 25.5 Å². The summed E-state index contributed by atoms with van der Waals surface area (Å²) in [5.41, 5.74) is 2.11. The molecule has 0 saturated carbocycles. The van der Waals surface area contributed by atoms with Crippen molar-refractivity contribution in [3.05, 3.63) is 71.3 Å². The van der Waals surface area contributed by atoms with Crippen LogP contribution in [0.1, 0.15) is 39.9 Å². The van der Waals surface area contributed by atoms with Crippen LogP contribution < -0.4 is 5.32 Å². The predicted octanol–water partition coefficient (Wildman–Crippen LogP) is 2.28. The van der Waals surface area contributed by atoms with Gasteiger partial charge in [-0.05, 0) is 17.2 Å². The number of esters is 1. The van der Waals surface area contributed by atoms with E-state index in [9.17, 15) is 14.4 Å². The van der Waals surface area contributed by atoms with Crippen LogP contribution in [0.15, 0.2) is 54.6 Å². The van der Waals surface area contributed by atoms with E-state index in [1.54, 1.807) is 24.1 Å². The number of nitrogens with one attached hydrogen (secondary N) is 1. The molecule has 27 heavy (non-hydrogen) atoms. The zero-order valence-electron chi connectivity index (χ0n) is 15.3. The first kappa shape index (κ1) is 18.6. The number of carbonyl (C=O) groups is 3. The summed E-state index contributed by atoms with van der Waals surface area (Å²) in [5.74, 6) is -1.28. The highest BCUT2D eigenvalue weighted by atomic mass is 16.5. The molecule has 0 bridgehead atoms. The molecule has 0 unspecified atom stereocenters. The average Bonchev–Trinajstić information content (AvgIpc) is 2.70. The van der Waals surface area contributed by atoms with Gasteiger partial charge in [0.1, 0.15) is 0 Å². The van der Waals surface area contributed by atoms with Crippen LogP contribution in [-0.4, -0.2) is 43.4 Å². The lowest BCUT2D eigenvalue weighted by Gasteiger charge is -2.39. The zero-order chi connectivity index (χ0) is 19.4. The molecule has 3 rings (SSSR count). The Morgan fingerprint density at radius 2 is 1.74 bits per heavy atom. The fraction of sp³-hybridized carbons (Fsp3) is 0.286. The first-order valence-electron chi connectivity index (χ1n) is 8.80. The van der Waals surface area contributed by atoms with Gasteiger partial charge in [-0.3, -0.25) is 14.4 Å². The van der Waals surface area contributed by atoms with Crippen LogP contribution in [0.25, 0.3) is 0 Å². The van der Waals surface area contributed by atoms with E-state index in [1.165, 1.54) is 7.11 Å². The van der Waals surface area contributed by atoms with Crippen LogP contribution in [0.3, 0.4) is 0 Å². The van der Waals surface area contributed by atoms with E-state index in [0.29, 0.717) is 11.1 Å². The van der Waals surface area contributed by atoms with Gasteiger partial charge in [0.25, 0.3) is 5.91 Å². The van der Waals surface area contributed by atoms with E-state index < -0.39 is 12.0 Å². The summed E-state index contributed by atoms with van der Waals surface area (Å²) in [6.07, 6.45) is 0.0986. The molecule has 2 aromatic carbocycles. The quantitative estimate of drug-likeness (QED) is 0.824. The fourth-order valence-corrected chi connectivity index (χ4v) is 3.52. The lowest BCUT2D eigenvalue weighted by molar-refractivity contribution is -0.140. The number of methoxy groups -OCH3 is 1. The Hall–Kier alpha value is -3.15. The molecule has 0 radical (unpaired) electrons. The summed E-state index contributed by atoms with van der Waals surface area (Å²) in [6.45, 7) is 0.184. The first-order valence-corrected chi connectivity index (χ1v) is 8.80. The van der Waals surface area contributed by atoms with Gasteiger partial charge < -0.3 is 15.0 Å². The van der Waals surface area contributed by atoms with Crippen LogP contribution in [-0.2, 0) is 14.3 Å². The molecule has 140 valence electrons. The van der Waals surface area contributed by atoms with Gasteiger partial charge in [-0.1, -0.05) is 48.5 Å². The van der Waals surface area contributed by atoms with E-state index in [4.69, 9.17) is 0 Å². The van der Waals surface area contributed by atoms with Gasteiger partial charge in [-0.2, -0.15) is 0 Å². The van der Waals surface area contributed by atoms with E-state index in [2.05, 4.69) is 10.1 Å². The standard InChI is InChI=1S/C21H22N2O4/c1-23-19(14-8-4-3-5-9-14)18(20(25)22-13-12-17(24)27-2)15-10-6-7-11-16(15)21(23)26/h3-11,18-19H,12-13H2,1-2H3,(H,22,25)/t18-,19-/m0/s1. The molecule has 2 aromatic rings. The Bertz CT molecular complexity index is 850. The molecule has 0 saturated heterocycles. The third-order valence-corrected chi connectivity index (χ3v) is 4.86. The summed E-state index contributed by atoms with van der Waals surface area (Å²) in [5, 5.41) is 2.82. The van der Waals surface area contributed by atoms with E-state index in [1.807, 2.05) is 42.5 Å². The van der Waals surface area contributed by atoms with Crippen molar-refractivity contribution in [3.8, 4) is 0 Å². The second kappa shape index (κ2) is 8.03. The summed E-state index contributed by atoms with van der Waals surface area (Å²) in [7, 11) is 3.03. The topological polar surface area (TPSA) is 75.7 Å². The highest BCUT2D eigenvalue weighted by Gasteiger charge is 2.42. The predicted molar refractivity (Wildman–Crippen MR) is 100 cm³/mol. The molecular formula is C21H22N2O4. The molecule has 6 nitrogen and oxygen atoms in total. The Kier molecular flexibility index (Phi) is 5.54. The number of likely N-dealkylation sites (N-methyl/N-ethyl adjacent to an activating group) is 1. The van der Waals surface area contributed by atoms with Crippen molar-refractivity contribution in [2.75, 3.05) is 20.7 Å². The highest BCUT2D eigenvalue weighted by Crippen LogP contribution is 2.41. The minimum absolute atomic E-state index is 0.0986. The number of ether oxygens (including phenoxy) is 1. The van der Waals surface area contributed by atoms with Crippen LogP contribution in [0.4, 0.5) is 0 Å². The summed E-state index contributed by atoms with van der Waals surface area (Å²) in [6, 6.07) is 16.3. The number of hydrogen-bond donors (Lipinski definition) is 1. The van der Waals surface area contributed by atoms with Crippen molar-refractivity contribution >= 4 is 17.8 Å². The van der Waals surface area contributed by atoms with Gasteiger partial charge in [-0.15, -0.1) is 0 Å². The Balaban J connectivity index is 1.97. The van der Waals surface area contributed by atoms with Crippen LogP contribution in [0.2, 0.25) is 0 Å². The van der Waals surface area contributed by atoms with Gasteiger partial charge in [0, 0.05) is 19.2 Å². The smallest absolute Gasteiger partial charge is 0.307 e. The molecule has 0 fully saturated rings. The van der Waals surface area contributed by atoms with Gasteiger partial charge in [0.15, 0.2) is 0 Å². The van der Waals surface area contributed by atoms with Crippen LogP contribution in [0, 0.1) is 0 Å². The summed E-state index contributed by atoms with van der Waals surface area (Å²) in [4.78, 5) is 38.8. The number of benzene rings is 2. The molecule has 1 heterocycles. The van der Waals surface area contributed by atoms with Crippen molar-refractivity contribution < 1.29 is 19.1 Å². The minimum atomic E-state index is -0.566. The molecule has 0 spiro atoms. The van der Waals surface area contributed by atoms with Gasteiger partial charge in [0.2, 0.25) is 5.91 Å². The maximum atomic E-state index is 13.1. The van der Waals surface area contributed by atoms with Crippen molar-refractivity contribution in [3.63, 3.8) is 0 Å². The lowest BCUT2D eigenvalue weighted by atomic mass is 9.79. The first-order chi connectivity index (χ1) is 13.0. The average molecular weight is 366 g/mol. The van der Waals surface area contributed by atoms with Gasteiger partial charge >= 0.3 is 5.97 Å². The minimum Gasteiger partial charge on any atom is -0.469 e. The van der Waals surface area contributed by atoms with E-state index in [0.717, 1.165) is 5.56 Å². The van der Waals surface area contributed by atoms with Crippen molar-refractivity contribution in [1.82, 2.24) is 10.2 Å². The van der Waals surface area contributed by atoms with E-state index >= 15 is 0 Å².